The number of carbonyl (C=O) groups excluding carboxylic acids is 3. The lowest BCUT2D eigenvalue weighted by atomic mass is 10.1. The summed E-state index contributed by atoms with van der Waals surface area (Å²) in [6, 6.07) is 0. The van der Waals surface area contributed by atoms with Crippen molar-refractivity contribution in [3.63, 3.8) is 0 Å². The van der Waals surface area contributed by atoms with Gasteiger partial charge in [-0.1, -0.05) is 152 Å². The Balaban J connectivity index is 4.48. The smallest absolute Gasteiger partial charge is 0.309 e. The van der Waals surface area contributed by atoms with Gasteiger partial charge in [-0.15, -0.1) is 0 Å². The van der Waals surface area contributed by atoms with Crippen LogP contribution in [-0.2, 0) is 28.6 Å². The molecule has 52 heavy (non-hydrogen) atoms. The third-order valence-electron chi connectivity index (χ3n) is 8.76. The Morgan fingerprint density at radius 1 is 0.423 bits per heavy atom. The summed E-state index contributed by atoms with van der Waals surface area (Å²) in [5.41, 5.74) is 0. The molecule has 0 saturated carbocycles. The lowest BCUT2D eigenvalue weighted by Gasteiger charge is -2.18. The molecule has 0 heterocycles. The maximum absolute atomic E-state index is 12.6. The van der Waals surface area contributed by atoms with Crippen LogP contribution in [0.15, 0.2) is 60.8 Å². The van der Waals surface area contributed by atoms with Crippen molar-refractivity contribution in [2.45, 2.75) is 200 Å². The molecular formula is C46H78O6. The van der Waals surface area contributed by atoms with Crippen molar-refractivity contribution in [1.82, 2.24) is 0 Å². The second kappa shape index (κ2) is 40.9. The summed E-state index contributed by atoms with van der Waals surface area (Å²) < 4.78 is 16.5. The maximum Gasteiger partial charge on any atom is 0.309 e. The van der Waals surface area contributed by atoms with E-state index in [9.17, 15) is 14.4 Å². The largest absolute Gasteiger partial charge is 0.462 e. The van der Waals surface area contributed by atoms with Gasteiger partial charge in [0.15, 0.2) is 6.10 Å². The van der Waals surface area contributed by atoms with Crippen LogP contribution in [0.3, 0.4) is 0 Å². The molecule has 298 valence electrons. The third-order valence-corrected chi connectivity index (χ3v) is 8.76. The highest BCUT2D eigenvalue weighted by molar-refractivity contribution is 5.72. The van der Waals surface area contributed by atoms with E-state index in [1.165, 1.54) is 70.6 Å². The zero-order valence-corrected chi connectivity index (χ0v) is 33.8. The second-order valence-electron chi connectivity index (χ2n) is 13.9. The Bertz CT molecular complexity index is 975. The first-order chi connectivity index (χ1) is 25.5. The molecular weight excluding hydrogens is 649 g/mol. The highest BCUT2D eigenvalue weighted by atomic mass is 16.6. The standard InChI is InChI=1S/C46H78O6/c1-4-7-10-13-16-19-21-23-25-27-30-33-36-39-45(48)51-42-43(41-50-44(47)38-35-32-29-26-18-15-12-9-6-3)52-46(49)40-37-34-31-28-24-22-20-17-14-11-8-5-2/h9,12,17-18,20,23,25-26,32,35,43H,4-8,10-11,13-16,19,21-22,24,27-31,33-34,36-42H2,1-3H3/b12-9-,20-17-,25-23-,26-18-,35-32-. The average molecular weight is 727 g/mol. The highest BCUT2D eigenvalue weighted by Gasteiger charge is 2.19. The van der Waals surface area contributed by atoms with E-state index in [4.69, 9.17) is 14.2 Å². The normalized spacial score (nSPS) is 12.6. The van der Waals surface area contributed by atoms with Crippen molar-refractivity contribution >= 4 is 17.9 Å². The van der Waals surface area contributed by atoms with Crippen LogP contribution in [0.5, 0.6) is 0 Å². The van der Waals surface area contributed by atoms with Crippen LogP contribution in [0.1, 0.15) is 194 Å². The minimum Gasteiger partial charge on any atom is -0.462 e. The van der Waals surface area contributed by atoms with Crippen LogP contribution in [0.4, 0.5) is 0 Å². The third kappa shape index (κ3) is 38.3. The van der Waals surface area contributed by atoms with Crippen LogP contribution >= 0.6 is 0 Å². The van der Waals surface area contributed by atoms with Gasteiger partial charge in [0, 0.05) is 12.8 Å². The van der Waals surface area contributed by atoms with Gasteiger partial charge in [-0.2, -0.15) is 0 Å². The molecule has 1 unspecified atom stereocenters. The monoisotopic (exact) mass is 727 g/mol. The number of hydrogen-bond acceptors (Lipinski definition) is 6. The van der Waals surface area contributed by atoms with Crippen molar-refractivity contribution in [2.75, 3.05) is 13.2 Å². The first kappa shape index (κ1) is 49.1. The molecule has 0 aliphatic carbocycles. The van der Waals surface area contributed by atoms with E-state index >= 15 is 0 Å². The van der Waals surface area contributed by atoms with E-state index in [0.29, 0.717) is 12.8 Å². The second-order valence-corrected chi connectivity index (χ2v) is 13.9. The first-order valence-electron chi connectivity index (χ1n) is 21.3. The van der Waals surface area contributed by atoms with Gasteiger partial charge in [-0.3, -0.25) is 14.4 Å². The van der Waals surface area contributed by atoms with Crippen molar-refractivity contribution < 1.29 is 28.6 Å². The lowest BCUT2D eigenvalue weighted by molar-refractivity contribution is -0.166. The molecule has 0 aromatic heterocycles. The van der Waals surface area contributed by atoms with Crippen LogP contribution in [-0.4, -0.2) is 37.2 Å². The summed E-state index contributed by atoms with van der Waals surface area (Å²) in [5.74, 6) is -1.07. The van der Waals surface area contributed by atoms with Crippen molar-refractivity contribution in [3.8, 4) is 0 Å². The van der Waals surface area contributed by atoms with E-state index in [1.807, 2.05) is 6.08 Å². The number of esters is 3. The molecule has 0 amide bonds. The van der Waals surface area contributed by atoms with Gasteiger partial charge in [0.1, 0.15) is 13.2 Å². The summed E-state index contributed by atoms with van der Waals surface area (Å²) in [6.07, 6.45) is 48.1. The minimum atomic E-state index is -0.815. The lowest BCUT2D eigenvalue weighted by Crippen LogP contribution is -2.30. The molecule has 0 aliphatic heterocycles. The number of carbonyl (C=O) groups is 3. The van der Waals surface area contributed by atoms with Crippen LogP contribution in [0.25, 0.3) is 0 Å². The fourth-order valence-electron chi connectivity index (χ4n) is 5.55. The first-order valence-corrected chi connectivity index (χ1v) is 21.3. The quantitative estimate of drug-likeness (QED) is 0.0274. The topological polar surface area (TPSA) is 78.9 Å². The highest BCUT2D eigenvalue weighted by Crippen LogP contribution is 2.12. The van der Waals surface area contributed by atoms with Gasteiger partial charge in [-0.25, -0.2) is 0 Å². The summed E-state index contributed by atoms with van der Waals surface area (Å²) in [7, 11) is 0. The number of rotatable bonds is 37. The molecule has 1 atom stereocenters. The molecule has 6 nitrogen and oxygen atoms in total. The molecule has 0 aromatic carbocycles. The Morgan fingerprint density at radius 3 is 1.38 bits per heavy atom. The zero-order valence-electron chi connectivity index (χ0n) is 33.8. The summed E-state index contributed by atoms with van der Waals surface area (Å²) in [6.45, 7) is 6.34. The van der Waals surface area contributed by atoms with E-state index in [0.717, 1.165) is 83.5 Å². The number of unbranched alkanes of at least 4 members (excludes halogenated alkanes) is 17. The number of allylic oxidation sites excluding steroid dienone is 9. The molecule has 0 saturated heterocycles. The molecule has 0 rings (SSSR count). The molecule has 0 bridgehead atoms. The molecule has 0 aliphatic rings. The van der Waals surface area contributed by atoms with E-state index < -0.39 is 12.1 Å². The Morgan fingerprint density at radius 2 is 0.827 bits per heavy atom. The Labute approximate surface area is 320 Å². The predicted molar refractivity (Wildman–Crippen MR) is 219 cm³/mol. The van der Waals surface area contributed by atoms with Gasteiger partial charge >= 0.3 is 17.9 Å². The SMILES string of the molecule is CC/C=C\C/C=C\C/C=C\CC(=O)OCC(COC(=O)CCCCC/C=C\CCCCCCCC)OC(=O)CCCCCCC/C=C\CCCCC. The molecule has 0 aromatic rings. The van der Waals surface area contributed by atoms with Gasteiger partial charge in [0.25, 0.3) is 0 Å². The van der Waals surface area contributed by atoms with E-state index in [-0.39, 0.29) is 31.6 Å². The molecule has 0 spiro atoms. The zero-order chi connectivity index (χ0) is 38.0. The van der Waals surface area contributed by atoms with Crippen LogP contribution in [0.2, 0.25) is 0 Å². The van der Waals surface area contributed by atoms with E-state index in [1.54, 1.807) is 6.08 Å². The Kier molecular flexibility index (Phi) is 38.6. The van der Waals surface area contributed by atoms with Gasteiger partial charge in [-0.05, 0) is 83.5 Å². The van der Waals surface area contributed by atoms with Gasteiger partial charge < -0.3 is 14.2 Å². The summed E-state index contributed by atoms with van der Waals surface area (Å²) >= 11 is 0. The molecule has 0 fully saturated rings. The van der Waals surface area contributed by atoms with Crippen LogP contribution in [0, 0.1) is 0 Å². The predicted octanol–water partition coefficient (Wildman–Crippen LogP) is 13.4. The van der Waals surface area contributed by atoms with Crippen LogP contribution < -0.4 is 0 Å². The fraction of sp³-hybridized carbons (Fsp3) is 0.717. The average Bonchev–Trinajstić information content (AvgIpc) is 3.14. The molecule has 0 radical (unpaired) electrons. The summed E-state index contributed by atoms with van der Waals surface area (Å²) in [4.78, 5) is 37.5. The fourth-order valence-corrected chi connectivity index (χ4v) is 5.55. The maximum atomic E-state index is 12.6. The Hall–Kier alpha value is -2.89. The van der Waals surface area contributed by atoms with Crippen molar-refractivity contribution in [3.05, 3.63) is 60.8 Å². The molecule has 0 N–H and O–H groups in total. The molecule has 6 heteroatoms. The van der Waals surface area contributed by atoms with Crippen molar-refractivity contribution in [1.29, 1.82) is 0 Å². The number of ether oxygens (including phenoxy) is 3. The van der Waals surface area contributed by atoms with E-state index in [2.05, 4.69) is 69.4 Å². The van der Waals surface area contributed by atoms with Crippen molar-refractivity contribution in [2.24, 2.45) is 0 Å². The minimum absolute atomic E-state index is 0.113. The van der Waals surface area contributed by atoms with Gasteiger partial charge in [0.05, 0.1) is 6.42 Å². The number of hydrogen-bond donors (Lipinski definition) is 0. The summed E-state index contributed by atoms with van der Waals surface area (Å²) in [5, 5.41) is 0. The van der Waals surface area contributed by atoms with Gasteiger partial charge in [0.2, 0.25) is 0 Å².